The second-order valence-electron chi connectivity index (χ2n) is 4.72. The van der Waals surface area contributed by atoms with Gasteiger partial charge < -0.3 is 10.6 Å². The maximum Gasteiger partial charge on any atom is 0.223 e. The van der Waals surface area contributed by atoms with Crippen LogP contribution in [0.15, 0.2) is 24.3 Å². The second-order valence-corrected chi connectivity index (χ2v) is 4.72. The fourth-order valence-electron chi connectivity index (χ4n) is 1.79. The van der Waals surface area contributed by atoms with Gasteiger partial charge in [0.15, 0.2) is 0 Å². The summed E-state index contributed by atoms with van der Waals surface area (Å²) < 4.78 is 13.6. The molecule has 0 saturated carbocycles. The molecule has 0 aliphatic heterocycles. The Morgan fingerprint density at radius 2 is 1.95 bits per heavy atom. The minimum absolute atomic E-state index is 0. The number of hydrogen-bond acceptors (Lipinski definition) is 2. The highest BCUT2D eigenvalue weighted by Crippen LogP contribution is 2.22. The summed E-state index contributed by atoms with van der Waals surface area (Å²) in [6.07, 6.45) is 0.293. The molecular weight excluding hydrogens is 267 g/mol. The van der Waals surface area contributed by atoms with Gasteiger partial charge in [-0.2, -0.15) is 0 Å². The lowest BCUT2D eigenvalue weighted by molar-refractivity contribution is -0.131. The molecule has 1 rings (SSSR count). The van der Waals surface area contributed by atoms with E-state index in [2.05, 4.69) is 0 Å². The molecule has 1 aromatic rings. The maximum atomic E-state index is 13.6. The van der Waals surface area contributed by atoms with Crippen molar-refractivity contribution in [2.75, 3.05) is 13.6 Å². The van der Waals surface area contributed by atoms with Gasteiger partial charge in [-0.05, 0) is 24.5 Å². The van der Waals surface area contributed by atoms with Crippen molar-refractivity contribution in [3.8, 4) is 0 Å². The molecular formula is C14H22ClFN2O. The van der Waals surface area contributed by atoms with E-state index >= 15 is 0 Å². The summed E-state index contributed by atoms with van der Waals surface area (Å²) >= 11 is 0. The van der Waals surface area contributed by atoms with E-state index in [9.17, 15) is 9.18 Å². The highest BCUT2D eigenvalue weighted by atomic mass is 35.5. The minimum atomic E-state index is -0.257. The summed E-state index contributed by atoms with van der Waals surface area (Å²) in [5.41, 5.74) is 6.11. The molecule has 5 heteroatoms. The van der Waals surface area contributed by atoms with Gasteiger partial charge in [0, 0.05) is 26.1 Å². The molecule has 0 radical (unpaired) electrons. The van der Waals surface area contributed by atoms with Crippen LogP contribution in [0.4, 0.5) is 4.39 Å². The number of carbonyl (C=O) groups is 1. The summed E-state index contributed by atoms with van der Waals surface area (Å²) in [4.78, 5) is 13.6. The first-order chi connectivity index (χ1) is 8.47. The highest BCUT2D eigenvalue weighted by Gasteiger charge is 2.19. The van der Waals surface area contributed by atoms with E-state index in [-0.39, 0.29) is 36.1 Å². The minimum Gasteiger partial charge on any atom is -0.342 e. The van der Waals surface area contributed by atoms with Crippen molar-refractivity contribution in [3.05, 3.63) is 35.6 Å². The number of nitrogens with zero attached hydrogens (tertiary/aromatic N) is 1. The Hall–Kier alpha value is -1.13. The van der Waals surface area contributed by atoms with Crippen molar-refractivity contribution in [1.82, 2.24) is 4.90 Å². The van der Waals surface area contributed by atoms with Gasteiger partial charge in [0.1, 0.15) is 5.82 Å². The van der Waals surface area contributed by atoms with E-state index in [1.807, 2.05) is 13.8 Å². The number of amides is 1. The van der Waals surface area contributed by atoms with Gasteiger partial charge >= 0.3 is 0 Å². The third-order valence-electron chi connectivity index (χ3n) is 3.31. The third-order valence-corrected chi connectivity index (χ3v) is 3.31. The van der Waals surface area contributed by atoms with Gasteiger partial charge in [0.05, 0.1) is 0 Å². The molecule has 2 N–H and O–H groups in total. The molecule has 1 aromatic carbocycles. The first-order valence-electron chi connectivity index (χ1n) is 6.17. The Labute approximate surface area is 120 Å². The molecule has 3 nitrogen and oxygen atoms in total. The van der Waals surface area contributed by atoms with Crippen LogP contribution in [0.5, 0.6) is 0 Å². The van der Waals surface area contributed by atoms with Crippen LogP contribution >= 0.6 is 12.4 Å². The summed E-state index contributed by atoms with van der Waals surface area (Å²) in [5.74, 6) is -0.401. The van der Waals surface area contributed by atoms with Crippen molar-refractivity contribution < 1.29 is 9.18 Å². The normalized spacial score (nSPS) is 13.3. The lowest BCUT2D eigenvalue weighted by atomic mass is 9.96. The smallest absolute Gasteiger partial charge is 0.223 e. The first kappa shape index (κ1) is 17.9. The SMILES string of the molecule is CC(CC(=O)N(C)C(C)CN)c1ccccc1F.Cl. The average Bonchev–Trinajstić information content (AvgIpc) is 2.37. The molecule has 0 saturated heterocycles. The summed E-state index contributed by atoms with van der Waals surface area (Å²) in [7, 11) is 1.73. The van der Waals surface area contributed by atoms with E-state index in [0.717, 1.165) is 0 Å². The largest absolute Gasteiger partial charge is 0.342 e. The lowest BCUT2D eigenvalue weighted by Gasteiger charge is -2.25. The van der Waals surface area contributed by atoms with Gasteiger partial charge in [0.25, 0.3) is 0 Å². The van der Waals surface area contributed by atoms with Gasteiger partial charge in [-0.15, -0.1) is 12.4 Å². The summed E-state index contributed by atoms with van der Waals surface area (Å²) in [5, 5.41) is 0. The van der Waals surface area contributed by atoms with Crippen LogP contribution in [0.25, 0.3) is 0 Å². The number of hydrogen-bond donors (Lipinski definition) is 1. The average molecular weight is 289 g/mol. The molecule has 0 spiro atoms. The van der Waals surface area contributed by atoms with Gasteiger partial charge in [-0.25, -0.2) is 4.39 Å². The Balaban J connectivity index is 0.00000324. The van der Waals surface area contributed by atoms with Gasteiger partial charge in [0.2, 0.25) is 5.91 Å². The summed E-state index contributed by atoms with van der Waals surface area (Å²) in [6, 6.07) is 6.58. The van der Waals surface area contributed by atoms with Crippen LogP contribution in [-0.4, -0.2) is 30.4 Å². The standard InChI is InChI=1S/C14H21FN2O.ClH/c1-10(12-6-4-5-7-13(12)15)8-14(18)17(3)11(2)9-16;/h4-7,10-11H,8-9,16H2,1-3H3;1H. The predicted molar refractivity (Wildman–Crippen MR) is 78.0 cm³/mol. The fraction of sp³-hybridized carbons (Fsp3) is 0.500. The number of carbonyl (C=O) groups excluding carboxylic acids is 1. The molecule has 2 atom stereocenters. The number of rotatable bonds is 5. The first-order valence-corrected chi connectivity index (χ1v) is 6.17. The monoisotopic (exact) mass is 288 g/mol. The maximum absolute atomic E-state index is 13.6. The van der Waals surface area contributed by atoms with E-state index in [4.69, 9.17) is 5.73 Å². The van der Waals surface area contributed by atoms with Crippen molar-refractivity contribution in [2.24, 2.45) is 5.73 Å². The van der Waals surface area contributed by atoms with Crippen molar-refractivity contribution in [2.45, 2.75) is 32.2 Å². The lowest BCUT2D eigenvalue weighted by Crippen LogP contribution is -2.40. The van der Waals surface area contributed by atoms with Gasteiger partial charge in [-0.1, -0.05) is 25.1 Å². The zero-order valence-corrected chi connectivity index (χ0v) is 12.4. The van der Waals surface area contributed by atoms with E-state index in [1.54, 1.807) is 30.1 Å². The molecule has 0 heterocycles. The van der Waals surface area contributed by atoms with Crippen LogP contribution in [0.1, 0.15) is 31.7 Å². The van der Waals surface area contributed by atoms with Crippen LogP contribution in [0.3, 0.4) is 0 Å². The molecule has 19 heavy (non-hydrogen) atoms. The number of benzene rings is 1. The molecule has 0 fully saturated rings. The Morgan fingerprint density at radius 1 is 1.37 bits per heavy atom. The van der Waals surface area contributed by atoms with Crippen LogP contribution in [-0.2, 0) is 4.79 Å². The van der Waals surface area contributed by atoms with Crippen LogP contribution < -0.4 is 5.73 Å². The molecule has 0 bridgehead atoms. The zero-order valence-electron chi connectivity index (χ0n) is 11.6. The van der Waals surface area contributed by atoms with Crippen molar-refractivity contribution in [3.63, 3.8) is 0 Å². The van der Waals surface area contributed by atoms with E-state index in [0.29, 0.717) is 18.5 Å². The van der Waals surface area contributed by atoms with Crippen molar-refractivity contribution in [1.29, 1.82) is 0 Å². The third kappa shape index (κ3) is 4.80. The molecule has 0 aliphatic rings. The van der Waals surface area contributed by atoms with Crippen LogP contribution in [0.2, 0.25) is 0 Å². The second kappa shape index (κ2) is 8.12. The Bertz CT molecular complexity index is 414. The van der Waals surface area contributed by atoms with E-state index < -0.39 is 0 Å². The van der Waals surface area contributed by atoms with Gasteiger partial charge in [-0.3, -0.25) is 4.79 Å². The molecule has 0 aromatic heterocycles. The Kier molecular flexibility index (Phi) is 7.64. The highest BCUT2D eigenvalue weighted by molar-refractivity contribution is 5.85. The molecule has 1 amide bonds. The van der Waals surface area contributed by atoms with Crippen molar-refractivity contribution >= 4 is 18.3 Å². The predicted octanol–water partition coefficient (Wildman–Crippen LogP) is 2.55. The number of likely N-dealkylation sites (N-methyl/N-ethyl adjacent to an activating group) is 1. The fourth-order valence-corrected chi connectivity index (χ4v) is 1.79. The molecule has 108 valence electrons. The Morgan fingerprint density at radius 3 is 2.47 bits per heavy atom. The number of halogens is 2. The zero-order chi connectivity index (χ0) is 13.7. The summed E-state index contributed by atoms with van der Waals surface area (Å²) in [6.45, 7) is 4.18. The molecule has 2 unspecified atom stereocenters. The topological polar surface area (TPSA) is 46.3 Å². The molecule has 0 aliphatic carbocycles. The van der Waals surface area contributed by atoms with E-state index in [1.165, 1.54) is 6.07 Å². The van der Waals surface area contributed by atoms with Crippen LogP contribution in [0, 0.1) is 5.82 Å². The number of nitrogens with two attached hydrogens (primary N) is 1. The quantitative estimate of drug-likeness (QED) is 0.905.